The van der Waals surface area contributed by atoms with Gasteiger partial charge >= 0.3 is 12.1 Å². The number of para-hydroxylation sites is 1. The number of hydrogen-bond acceptors (Lipinski definition) is 3. The summed E-state index contributed by atoms with van der Waals surface area (Å²) in [5.74, 6) is -0.183. The predicted molar refractivity (Wildman–Crippen MR) is 80.3 cm³/mol. The van der Waals surface area contributed by atoms with Crippen LogP contribution in [0.2, 0.25) is 0 Å². The van der Waals surface area contributed by atoms with E-state index in [1.54, 1.807) is 4.90 Å². The van der Waals surface area contributed by atoms with Gasteiger partial charge in [0.25, 0.3) is 0 Å². The summed E-state index contributed by atoms with van der Waals surface area (Å²) in [6, 6.07) is 8.68. The van der Waals surface area contributed by atoms with Gasteiger partial charge in [-0.05, 0) is 25.0 Å². The van der Waals surface area contributed by atoms with Crippen molar-refractivity contribution in [1.29, 1.82) is 0 Å². The normalized spacial score (nSPS) is 19.3. The minimum Gasteiger partial charge on any atom is -0.329 e. The maximum Gasteiger partial charge on any atom is 0.324 e. The highest BCUT2D eigenvalue weighted by molar-refractivity contribution is 6.02. The first-order chi connectivity index (χ1) is 10.6. The van der Waals surface area contributed by atoms with E-state index in [2.05, 4.69) is 10.6 Å². The Morgan fingerprint density at radius 2 is 1.82 bits per heavy atom. The number of hydrogen-bond donors (Lipinski definition) is 2. The Kier molecular flexibility index (Phi) is 3.95. The molecule has 2 N–H and O–H groups in total. The van der Waals surface area contributed by atoms with Crippen molar-refractivity contribution in [3.8, 4) is 0 Å². The van der Waals surface area contributed by atoms with Crippen molar-refractivity contribution in [2.45, 2.75) is 18.9 Å². The molecule has 2 saturated heterocycles. The van der Waals surface area contributed by atoms with Crippen molar-refractivity contribution in [2.24, 2.45) is 0 Å². The lowest BCUT2D eigenvalue weighted by atomic mass is 10.0. The van der Waals surface area contributed by atoms with E-state index in [0.29, 0.717) is 25.9 Å². The maximum absolute atomic E-state index is 12.2. The number of nitrogens with zero attached hydrogens (tertiary/aromatic N) is 2. The number of piperidine rings is 1. The van der Waals surface area contributed by atoms with Gasteiger partial charge in [-0.3, -0.25) is 9.69 Å². The number of nitrogens with one attached hydrogen (secondary N) is 2. The molecule has 2 fully saturated rings. The van der Waals surface area contributed by atoms with E-state index in [0.717, 1.165) is 5.69 Å². The lowest BCUT2D eigenvalue weighted by molar-refractivity contribution is -0.127. The van der Waals surface area contributed by atoms with Gasteiger partial charge in [0.1, 0.15) is 0 Å². The minimum absolute atomic E-state index is 0.0769. The van der Waals surface area contributed by atoms with E-state index in [1.165, 1.54) is 4.90 Å². The molecule has 0 aliphatic carbocycles. The smallest absolute Gasteiger partial charge is 0.324 e. The fourth-order valence-electron chi connectivity index (χ4n) is 2.86. The van der Waals surface area contributed by atoms with Crippen molar-refractivity contribution >= 4 is 23.7 Å². The van der Waals surface area contributed by atoms with E-state index in [4.69, 9.17) is 0 Å². The molecule has 0 unspecified atom stereocenters. The number of urea groups is 2. The van der Waals surface area contributed by atoms with Crippen LogP contribution in [0, 0.1) is 0 Å². The molecule has 0 atom stereocenters. The highest BCUT2D eigenvalue weighted by Gasteiger charge is 2.37. The second-order valence-corrected chi connectivity index (χ2v) is 5.44. The molecule has 0 spiro atoms. The third-order valence-electron chi connectivity index (χ3n) is 4.02. The highest BCUT2D eigenvalue weighted by Crippen LogP contribution is 2.19. The van der Waals surface area contributed by atoms with Crippen LogP contribution in [0.1, 0.15) is 12.8 Å². The van der Waals surface area contributed by atoms with Crippen LogP contribution in [0.4, 0.5) is 15.3 Å². The molecule has 5 amide bonds. The first-order valence-corrected chi connectivity index (χ1v) is 7.36. The van der Waals surface area contributed by atoms with Gasteiger partial charge in [0.05, 0.1) is 6.54 Å². The number of benzene rings is 1. The van der Waals surface area contributed by atoms with Gasteiger partial charge in [-0.1, -0.05) is 18.2 Å². The number of likely N-dealkylation sites (tertiary alicyclic amines) is 1. The Labute approximate surface area is 128 Å². The number of imide groups is 1. The molecule has 7 heteroatoms. The molecular formula is C15H18N4O3. The zero-order chi connectivity index (χ0) is 15.5. The second-order valence-electron chi connectivity index (χ2n) is 5.44. The lowest BCUT2D eigenvalue weighted by Gasteiger charge is -2.35. The second kappa shape index (κ2) is 6.05. The Balaban J connectivity index is 1.54. The summed E-state index contributed by atoms with van der Waals surface area (Å²) in [6.45, 7) is 1.13. The van der Waals surface area contributed by atoms with Crippen LogP contribution < -0.4 is 10.6 Å². The van der Waals surface area contributed by atoms with Gasteiger partial charge in [-0.2, -0.15) is 0 Å². The molecule has 0 saturated carbocycles. The van der Waals surface area contributed by atoms with E-state index in [1.807, 2.05) is 30.3 Å². The first-order valence-electron chi connectivity index (χ1n) is 7.36. The Morgan fingerprint density at radius 1 is 1.14 bits per heavy atom. The summed E-state index contributed by atoms with van der Waals surface area (Å²) in [6.07, 6.45) is 1.22. The molecule has 7 nitrogen and oxygen atoms in total. The van der Waals surface area contributed by atoms with Gasteiger partial charge in [0, 0.05) is 24.8 Å². The predicted octanol–water partition coefficient (Wildman–Crippen LogP) is 1.23. The van der Waals surface area contributed by atoms with Gasteiger partial charge in [0.15, 0.2) is 0 Å². The van der Waals surface area contributed by atoms with Crippen molar-refractivity contribution in [3.05, 3.63) is 30.3 Å². The SMILES string of the molecule is O=C(Nc1ccccc1)N1CCC(N2C(=O)CNC2=O)CC1. The molecule has 3 rings (SSSR count). The average molecular weight is 302 g/mol. The van der Waals surface area contributed by atoms with Crippen LogP contribution >= 0.6 is 0 Å². The number of rotatable bonds is 2. The van der Waals surface area contributed by atoms with Crippen molar-refractivity contribution in [1.82, 2.24) is 15.1 Å². The summed E-state index contributed by atoms with van der Waals surface area (Å²) in [4.78, 5) is 38.5. The quantitative estimate of drug-likeness (QED) is 0.806. The third-order valence-corrected chi connectivity index (χ3v) is 4.02. The van der Waals surface area contributed by atoms with Crippen molar-refractivity contribution in [2.75, 3.05) is 25.0 Å². The maximum atomic E-state index is 12.2. The molecule has 2 heterocycles. The molecule has 1 aromatic carbocycles. The van der Waals surface area contributed by atoms with Gasteiger partial charge < -0.3 is 15.5 Å². The number of carbonyl (C=O) groups excluding carboxylic acids is 3. The third kappa shape index (κ3) is 2.88. The molecule has 22 heavy (non-hydrogen) atoms. The van der Waals surface area contributed by atoms with Crippen LogP contribution in [0.15, 0.2) is 30.3 Å². The number of anilines is 1. The number of amides is 5. The largest absolute Gasteiger partial charge is 0.329 e. The van der Waals surface area contributed by atoms with Crippen molar-refractivity contribution in [3.63, 3.8) is 0 Å². The zero-order valence-electron chi connectivity index (χ0n) is 12.1. The molecule has 116 valence electrons. The van der Waals surface area contributed by atoms with E-state index in [-0.39, 0.29) is 30.6 Å². The van der Waals surface area contributed by atoms with Crippen molar-refractivity contribution < 1.29 is 14.4 Å². The lowest BCUT2D eigenvalue weighted by Crippen LogP contribution is -2.49. The summed E-state index contributed by atoms with van der Waals surface area (Å²) in [5.41, 5.74) is 0.753. The van der Waals surface area contributed by atoms with Crippen LogP contribution in [-0.2, 0) is 4.79 Å². The topological polar surface area (TPSA) is 81.8 Å². The summed E-state index contributed by atoms with van der Waals surface area (Å²) in [7, 11) is 0. The molecule has 0 aromatic heterocycles. The van der Waals surface area contributed by atoms with E-state index in [9.17, 15) is 14.4 Å². The van der Waals surface area contributed by atoms with Crippen LogP contribution in [0.5, 0.6) is 0 Å². The fraction of sp³-hybridized carbons (Fsp3) is 0.400. The van der Waals surface area contributed by atoms with Crippen LogP contribution in [0.25, 0.3) is 0 Å². The molecule has 2 aliphatic rings. The van der Waals surface area contributed by atoms with Gasteiger partial charge in [0.2, 0.25) is 5.91 Å². The standard InChI is InChI=1S/C15H18N4O3/c20-13-10-16-14(21)19(13)12-6-8-18(9-7-12)15(22)17-11-4-2-1-3-5-11/h1-5,12H,6-10H2,(H,16,21)(H,17,22). The van der Waals surface area contributed by atoms with Gasteiger partial charge in [-0.25, -0.2) is 9.59 Å². The highest BCUT2D eigenvalue weighted by atomic mass is 16.2. The monoisotopic (exact) mass is 302 g/mol. The molecular weight excluding hydrogens is 284 g/mol. The number of carbonyl (C=O) groups is 3. The summed E-state index contributed by atoms with van der Waals surface area (Å²) >= 11 is 0. The molecule has 0 radical (unpaired) electrons. The van der Waals surface area contributed by atoms with Gasteiger partial charge in [-0.15, -0.1) is 0 Å². The Morgan fingerprint density at radius 3 is 2.41 bits per heavy atom. The van der Waals surface area contributed by atoms with Crippen LogP contribution in [0.3, 0.4) is 0 Å². The Hall–Kier alpha value is -2.57. The molecule has 1 aromatic rings. The van der Waals surface area contributed by atoms with E-state index < -0.39 is 0 Å². The molecule has 2 aliphatic heterocycles. The average Bonchev–Trinajstić information content (AvgIpc) is 2.87. The zero-order valence-corrected chi connectivity index (χ0v) is 12.1. The fourth-order valence-corrected chi connectivity index (χ4v) is 2.86. The Bertz CT molecular complexity index is 566. The van der Waals surface area contributed by atoms with Crippen LogP contribution in [-0.4, -0.2) is 53.4 Å². The van der Waals surface area contributed by atoms with E-state index >= 15 is 0 Å². The first kappa shape index (κ1) is 14.4. The minimum atomic E-state index is -0.322. The summed E-state index contributed by atoms with van der Waals surface area (Å²) < 4.78 is 0. The molecule has 0 bridgehead atoms. The summed E-state index contributed by atoms with van der Waals surface area (Å²) in [5, 5.41) is 5.37.